The van der Waals surface area contributed by atoms with Gasteiger partial charge in [0.25, 0.3) is 5.91 Å². The van der Waals surface area contributed by atoms with E-state index in [9.17, 15) is 4.79 Å². The second-order valence-electron chi connectivity index (χ2n) is 7.54. The molecule has 0 radical (unpaired) electrons. The van der Waals surface area contributed by atoms with Crippen LogP contribution in [0.4, 0.5) is 5.82 Å². The molecule has 28 heavy (non-hydrogen) atoms. The molecule has 2 aliphatic heterocycles. The van der Waals surface area contributed by atoms with E-state index in [0.717, 1.165) is 53.9 Å². The van der Waals surface area contributed by atoms with E-state index < -0.39 is 0 Å². The van der Waals surface area contributed by atoms with E-state index >= 15 is 0 Å². The van der Waals surface area contributed by atoms with Crippen LogP contribution in [0.1, 0.15) is 16.2 Å². The van der Waals surface area contributed by atoms with Crippen molar-refractivity contribution in [3.8, 4) is 0 Å². The second kappa shape index (κ2) is 6.77. The summed E-state index contributed by atoms with van der Waals surface area (Å²) >= 11 is 1.63. The fraction of sp³-hybridized carbons (Fsp3) is 0.400. The minimum atomic E-state index is 0.158. The quantitative estimate of drug-likeness (QED) is 0.636. The number of hydrogen-bond acceptors (Lipinski definition) is 6. The molecule has 0 spiro atoms. The molecule has 2 atom stereocenters. The monoisotopic (exact) mass is 394 g/mol. The van der Waals surface area contributed by atoms with Gasteiger partial charge in [-0.25, -0.2) is 0 Å². The maximum absolute atomic E-state index is 13.0. The van der Waals surface area contributed by atoms with Crippen molar-refractivity contribution in [1.82, 2.24) is 24.7 Å². The van der Waals surface area contributed by atoms with Crippen LogP contribution < -0.4 is 4.90 Å². The molecule has 0 N–H and O–H groups in total. The van der Waals surface area contributed by atoms with Gasteiger partial charge >= 0.3 is 0 Å². The molecule has 0 bridgehead atoms. The first-order valence-electron chi connectivity index (χ1n) is 9.50. The highest BCUT2D eigenvalue weighted by molar-refractivity contribution is 7.98. The fourth-order valence-corrected chi connectivity index (χ4v) is 4.98. The minimum absolute atomic E-state index is 0.158. The van der Waals surface area contributed by atoms with Crippen molar-refractivity contribution < 1.29 is 4.79 Å². The summed E-state index contributed by atoms with van der Waals surface area (Å²) in [7, 11) is 0. The average molecular weight is 395 g/mol. The van der Waals surface area contributed by atoms with Gasteiger partial charge in [-0.05, 0) is 37.4 Å². The van der Waals surface area contributed by atoms with E-state index in [2.05, 4.69) is 15.1 Å². The molecule has 144 valence electrons. The molecular weight excluding hydrogens is 372 g/mol. The maximum Gasteiger partial charge on any atom is 0.255 e. The van der Waals surface area contributed by atoms with Crippen molar-refractivity contribution in [1.29, 1.82) is 0 Å². The Morgan fingerprint density at radius 3 is 2.54 bits per heavy atom. The number of anilines is 1. The average Bonchev–Trinajstić information content (AvgIpc) is 3.40. The van der Waals surface area contributed by atoms with Gasteiger partial charge in [-0.1, -0.05) is 12.1 Å². The Balaban J connectivity index is 1.30. The molecule has 4 heterocycles. The molecule has 2 saturated heterocycles. The number of rotatable bonds is 3. The van der Waals surface area contributed by atoms with Crippen molar-refractivity contribution in [2.45, 2.75) is 11.8 Å². The number of aryl methyl sites for hydroxylation is 1. The largest absolute Gasteiger partial charge is 0.354 e. The van der Waals surface area contributed by atoms with Crippen LogP contribution in [0.5, 0.6) is 0 Å². The molecule has 0 aliphatic carbocycles. The topological polar surface area (TPSA) is 66.6 Å². The lowest BCUT2D eigenvalue weighted by Gasteiger charge is -2.23. The van der Waals surface area contributed by atoms with Crippen molar-refractivity contribution in [2.24, 2.45) is 11.8 Å². The summed E-state index contributed by atoms with van der Waals surface area (Å²) in [6.45, 7) is 5.40. The van der Waals surface area contributed by atoms with Crippen molar-refractivity contribution in [3.05, 3.63) is 47.8 Å². The molecule has 2 unspecified atom stereocenters. The van der Waals surface area contributed by atoms with E-state index in [1.165, 1.54) is 0 Å². The molecule has 2 fully saturated rings. The predicted molar refractivity (Wildman–Crippen MR) is 109 cm³/mol. The summed E-state index contributed by atoms with van der Waals surface area (Å²) in [4.78, 5) is 18.4. The zero-order valence-electron chi connectivity index (χ0n) is 15.9. The summed E-state index contributed by atoms with van der Waals surface area (Å²) in [5.41, 5.74) is 1.59. The van der Waals surface area contributed by atoms with Crippen LogP contribution >= 0.6 is 11.8 Å². The number of carbonyl (C=O) groups is 1. The Bertz CT molecular complexity index is 1040. The van der Waals surface area contributed by atoms with E-state index in [-0.39, 0.29) is 5.91 Å². The van der Waals surface area contributed by atoms with Gasteiger partial charge in [-0.15, -0.1) is 27.1 Å². The first kappa shape index (κ1) is 17.5. The third kappa shape index (κ3) is 2.83. The first-order valence-corrected chi connectivity index (χ1v) is 10.7. The molecule has 0 saturated carbocycles. The molecule has 8 heteroatoms. The van der Waals surface area contributed by atoms with Crippen LogP contribution in [0, 0.1) is 18.8 Å². The van der Waals surface area contributed by atoms with E-state index in [4.69, 9.17) is 5.10 Å². The lowest BCUT2D eigenvalue weighted by Crippen LogP contribution is -2.33. The Labute approximate surface area is 167 Å². The van der Waals surface area contributed by atoms with Crippen LogP contribution in [-0.2, 0) is 0 Å². The summed E-state index contributed by atoms with van der Waals surface area (Å²) in [6.07, 6.45) is 2.02. The van der Waals surface area contributed by atoms with Crippen molar-refractivity contribution in [3.63, 3.8) is 0 Å². The van der Waals surface area contributed by atoms with Gasteiger partial charge in [0.05, 0.1) is 5.56 Å². The Morgan fingerprint density at radius 2 is 1.79 bits per heavy atom. The third-order valence-corrected chi connectivity index (χ3v) is 6.64. The predicted octanol–water partition coefficient (Wildman–Crippen LogP) is 2.36. The van der Waals surface area contributed by atoms with Gasteiger partial charge in [-0.2, -0.15) is 4.52 Å². The number of aromatic nitrogens is 4. The van der Waals surface area contributed by atoms with Crippen LogP contribution in [-0.4, -0.2) is 63.1 Å². The second-order valence-corrected chi connectivity index (χ2v) is 8.39. The van der Waals surface area contributed by atoms with Crippen molar-refractivity contribution >= 4 is 29.1 Å². The summed E-state index contributed by atoms with van der Waals surface area (Å²) in [5.74, 6) is 2.89. The zero-order valence-corrected chi connectivity index (χ0v) is 16.8. The highest BCUT2D eigenvalue weighted by Gasteiger charge is 2.42. The number of thioether (sulfide) groups is 1. The summed E-state index contributed by atoms with van der Waals surface area (Å²) in [5, 5.41) is 12.9. The number of carbonyl (C=O) groups excluding carboxylic acids is 1. The number of benzene rings is 1. The molecule has 1 amide bonds. The van der Waals surface area contributed by atoms with E-state index in [1.807, 2.05) is 54.5 Å². The summed E-state index contributed by atoms with van der Waals surface area (Å²) in [6, 6.07) is 11.9. The van der Waals surface area contributed by atoms with Gasteiger partial charge in [0.1, 0.15) is 5.82 Å². The summed E-state index contributed by atoms with van der Waals surface area (Å²) < 4.78 is 1.79. The maximum atomic E-state index is 13.0. The van der Waals surface area contributed by atoms with Crippen LogP contribution in [0.15, 0.2) is 41.3 Å². The van der Waals surface area contributed by atoms with Crippen molar-refractivity contribution in [2.75, 3.05) is 37.3 Å². The molecule has 2 aromatic heterocycles. The molecule has 7 nitrogen and oxygen atoms in total. The van der Waals surface area contributed by atoms with Crippen LogP contribution in [0.2, 0.25) is 0 Å². The first-order chi connectivity index (χ1) is 13.6. The number of fused-ring (bicyclic) bond motifs is 2. The number of likely N-dealkylation sites (tertiary alicyclic amines) is 1. The van der Waals surface area contributed by atoms with E-state index in [1.54, 1.807) is 16.3 Å². The van der Waals surface area contributed by atoms with Gasteiger partial charge < -0.3 is 9.80 Å². The highest BCUT2D eigenvalue weighted by atomic mass is 32.2. The van der Waals surface area contributed by atoms with Gasteiger partial charge in [0.2, 0.25) is 0 Å². The Morgan fingerprint density at radius 1 is 1.04 bits per heavy atom. The smallest absolute Gasteiger partial charge is 0.255 e. The Kier molecular flexibility index (Phi) is 4.23. The zero-order chi connectivity index (χ0) is 19.3. The number of hydrogen-bond donors (Lipinski definition) is 0. The molecule has 5 rings (SSSR count). The lowest BCUT2D eigenvalue weighted by atomic mass is 10.0. The highest BCUT2D eigenvalue weighted by Crippen LogP contribution is 2.34. The number of amides is 1. The third-order valence-electron chi connectivity index (χ3n) is 5.84. The molecule has 1 aromatic carbocycles. The normalized spacial score (nSPS) is 21.5. The standard InChI is InChI=1S/C20H22N6OS/c1-13-21-22-18-7-8-19(23-26(13)18)24-9-14-11-25(12-15(14)10-24)20(27)16-5-3-4-6-17(16)28-2/h3-8,14-15H,9-12H2,1-2H3. The van der Waals surface area contributed by atoms with Gasteiger partial charge in [-0.3, -0.25) is 4.79 Å². The molecule has 3 aromatic rings. The SMILES string of the molecule is CSc1ccccc1C(=O)N1CC2CN(c3ccc4nnc(C)n4n3)CC2C1. The fourth-order valence-electron chi connectivity index (χ4n) is 4.39. The minimum Gasteiger partial charge on any atom is -0.354 e. The van der Waals surface area contributed by atoms with Gasteiger partial charge in [0.15, 0.2) is 11.5 Å². The molecular formula is C20H22N6OS. The van der Waals surface area contributed by atoms with Crippen LogP contribution in [0.25, 0.3) is 5.65 Å². The Hall–Kier alpha value is -2.61. The van der Waals surface area contributed by atoms with Gasteiger partial charge in [0, 0.05) is 42.9 Å². The van der Waals surface area contributed by atoms with E-state index in [0.29, 0.717) is 11.8 Å². The lowest BCUT2D eigenvalue weighted by molar-refractivity contribution is 0.0779. The van der Waals surface area contributed by atoms with Crippen LogP contribution in [0.3, 0.4) is 0 Å². The molecule has 2 aliphatic rings. The number of nitrogens with zero attached hydrogens (tertiary/aromatic N) is 6.